The Hall–Kier alpha value is -2.09. The molecule has 2 aromatic rings. The van der Waals surface area contributed by atoms with Gasteiger partial charge in [-0.1, -0.05) is 23.2 Å². The van der Waals surface area contributed by atoms with Gasteiger partial charge in [0.25, 0.3) is 17.7 Å². The van der Waals surface area contributed by atoms with Gasteiger partial charge >= 0.3 is 0 Å². The van der Waals surface area contributed by atoms with Crippen molar-refractivity contribution in [2.24, 2.45) is 0 Å². The summed E-state index contributed by atoms with van der Waals surface area (Å²) in [5, 5.41) is 3.02. The van der Waals surface area contributed by atoms with Crippen molar-refractivity contribution in [2.75, 3.05) is 6.54 Å². The van der Waals surface area contributed by atoms with Crippen molar-refractivity contribution in [1.29, 1.82) is 0 Å². The molecule has 1 aliphatic rings. The molecular formula is C17H15Cl2N3O3S. The van der Waals surface area contributed by atoms with Crippen LogP contribution in [0.25, 0.3) is 0 Å². The molecule has 1 aliphatic carbocycles. The molecule has 0 spiro atoms. The first-order chi connectivity index (χ1) is 12.4. The van der Waals surface area contributed by atoms with Gasteiger partial charge in [-0.15, -0.1) is 11.3 Å². The Bertz CT molecular complexity index is 861. The zero-order valence-electron chi connectivity index (χ0n) is 13.5. The van der Waals surface area contributed by atoms with E-state index in [-0.39, 0.29) is 23.0 Å². The molecule has 0 saturated carbocycles. The van der Waals surface area contributed by atoms with E-state index in [9.17, 15) is 14.4 Å². The van der Waals surface area contributed by atoms with E-state index in [0.717, 1.165) is 19.3 Å². The van der Waals surface area contributed by atoms with E-state index in [1.165, 1.54) is 40.0 Å². The second-order valence-electron chi connectivity index (χ2n) is 5.72. The summed E-state index contributed by atoms with van der Waals surface area (Å²) in [7, 11) is 0. The molecule has 0 saturated heterocycles. The fraction of sp³-hybridized carbons (Fsp3) is 0.235. The number of hydrogen-bond donors (Lipinski definition) is 3. The SMILES string of the molecule is O=C(CNC(=O)c1ccc(Cl)cc1Cl)NNC(=O)c1cc2c(s1)CCC2. The molecule has 0 unspecified atom stereocenters. The second-order valence-corrected chi connectivity index (χ2v) is 7.70. The van der Waals surface area contributed by atoms with Gasteiger partial charge in [-0.05, 0) is 49.1 Å². The minimum absolute atomic E-state index is 0.189. The van der Waals surface area contributed by atoms with Crippen LogP contribution >= 0.6 is 34.5 Å². The molecule has 3 amide bonds. The highest BCUT2D eigenvalue weighted by molar-refractivity contribution is 7.14. The molecule has 0 aliphatic heterocycles. The summed E-state index contributed by atoms with van der Waals surface area (Å²) < 4.78 is 0. The highest BCUT2D eigenvalue weighted by Gasteiger charge is 2.19. The Balaban J connectivity index is 1.46. The number of hydrogen-bond acceptors (Lipinski definition) is 4. The zero-order valence-corrected chi connectivity index (χ0v) is 15.9. The number of hydrazine groups is 1. The molecule has 0 fully saturated rings. The first-order valence-corrected chi connectivity index (χ1v) is 9.45. The number of thiophene rings is 1. The minimum Gasteiger partial charge on any atom is -0.343 e. The average Bonchev–Trinajstić information content (AvgIpc) is 3.19. The Morgan fingerprint density at radius 1 is 1.04 bits per heavy atom. The van der Waals surface area contributed by atoms with Crippen LogP contribution in [-0.4, -0.2) is 24.3 Å². The highest BCUT2D eigenvalue weighted by Crippen LogP contribution is 2.30. The average molecular weight is 412 g/mol. The van der Waals surface area contributed by atoms with Gasteiger partial charge in [0, 0.05) is 9.90 Å². The van der Waals surface area contributed by atoms with Crippen molar-refractivity contribution in [1.82, 2.24) is 16.2 Å². The maximum atomic E-state index is 12.1. The van der Waals surface area contributed by atoms with Crippen molar-refractivity contribution < 1.29 is 14.4 Å². The topological polar surface area (TPSA) is 87.3 Å². The van der Waals surface area contributed by atoms with Gasteiger partial charge in [-0.25, -0.2) is 0 Å². The number of halogens is 2. The van der Waals surface area contributed by atoms with E-state index >= 15 is 0 Å². The predicted octanol–water partition coefficient (Wildman–Crippen LogP) is 2.73. The molecule has 6 nitrogen and oxygen atoms in total. The lowest BCUT2D eigenvalue weighted by Crippen LogP contribution is -2.46. The van der Waals surface area contributed by atoms with Crippen LogP contribution in [0.3, 0.4) is 0 Å². The Morgan fingerprint density at radius 3 is 2.58 bits per heavy atom. The van der Waals surface area contributed by atoms with E-state index in [0.29, 0.717) is 9.90 Å². The largest absolute Gasteiger partial charge is 0.343 e. The van der Waals surface area contributed by atoms with Gasteiger partial charge in [-0.2, -0.15) is 0 Å². The van der Waals surface area contributed by atoms with E-state index in [1.807, 2.05) is 6.07 Å². The molecule has 1 heterocycles. The molecule has 26 heavy (non-hydrogen) atoms. The van der Waals surface area contributed by atoms with Crippen molar-refractivity contribution in [3.63, 3.8) is 0 Å². The second kappa shape index (κ2) is 8.07. The predicted molar refractivity (Wildman–Crippen MR) is 101 cm³/mol. The standard InChI is InChI=1S/C17H15Cl2N3O3S/c18-10-4-5-11(12(19)7-10)16(24)20-8-15(23)21-22-17(25)14-6-9-2-1-3-13(9)26-14/h4-7H,1-3,8H2,(H,20,24)(H,21,23)(H,22,25). The summed E-state index contributed by atoms with van der Waals surface area (Å²) in [6, 6.07) is 6.30. The van der Waals surface area contributed by atoms with Gasteiger partial charge in [0.1, 0.15) is 0 Å². The molecule has 3 rings (SSSR count). The number of aryl methyl sites for hydroxylation is 2. The summed E-state index contributed by atoms with van der Waals surface area (Å²) in [5.74, 6) is -1.44. The zero-order chi connectivity index (χ0) is 18.7. The van der Waals surface area contributed by atoms with Crippen LogP contribution in [0.4, 0.5) is 0 Å². The van der Waals surface area contributed by atoms with E-state index < -0.39 is 11.8 Å². The Labute approximate surface area is 163 Å². The smallest absolute Gasteiger partial charge is 0.279 e. The van der Waals surface area contributed by atoms with Gasteiger partial charge in [-0.3, -0.25) is 25.2 Å². The van der Waals surface area contributed by atoms with Crippen LogP contribution in [0.15, 0.2) is 24.3 Å². The first kappa shape index (κ1) is 18.7. The number of carbonyl (C=O) groups excluding carboxylic acids is 3. The fourth-order valence-corrected chi connectivity index (χ4v) is 4.25. The number of benzene rings is 1. The summed E-state index contributed by atoms with van der Waals surface area (Å²) in [4.78, 5) is 37.7. The quantitative estimate of drug-likeness (QED) is 0.675. The maximum Gasteiger partial charge on any atom is 0.279 e. The lowest BCUT2D eigenvalue weighted by molar-refractivity contribution is -0.120. The Morgan fingerprint density at radius 2 is 1.85 bits per heavy atom. The normalized spacial score (nSPS) is 12.4. The van der Waals surface area contributed by atoms with E-state index in [4.69, 9.17) is 23.2 Å². The molecule has 9 heteroatoms. The summed E-state index contributed by atoms with van der Waals surface area (Å²) in [5.41, 5.74) is 6.04. The van der Waals surface area contributed by atoms with Crippen molar-refractivity contribution in [3.8, 4) is 0 Å². The molecule has 1 aromatic carbocycles. The molecule has 0 bridgehead atoms. The van der Waals surface area contributed by atoms with Crippen LogP contribution in [0.2, 0.25) is 10.0 Å². The molecule has 3 N–H and O–H groups in total. The minimum atomic E-state index is -0.555. The van der Waals surface area contributed by atoms with Gasteiger partial charge < -0.3 is 5.32 Å². The van der Waals surface area contributed by atoms with Crippen molar-refractivity contribution in [2.45, 2.75) is 19.3 Å². The lowest BCUT2D eigenvalue weighted by atomic mass is 10.2. The first-order valence-electron chi connectivity index (χ1n) is 7.88. The highest BCUT2D eigenvalue weighted by atomic mass is 35.5. The molecule has 0 atom stereocenters. The summed E-state index contributed by atoms with van der Waals surface area (Å²) in [6.45, 7) is -0.307. The molecule has 1 aromatic heterocycles. The molecule has 136 valence electrons. The van der Waals surface area contributed by atoms with Crippen LogP contribution in [0, 0.1) is 0 Å². The number of fused-ring (bicyclic) bond motifs is 1. The van der Waals surface area contributed by atoms with Crippen molar-refractivity contribution >= 4 is 52.3 Å². The molecule has 0 radical (unpaired) electrons. The number of amides is 3. The summed E-state index contributed by atoms with van der Waals surface area (Å²) in [6.07, 6.45) is 3.11. The van der Waals surface area contributed by atoms with Crippen molar-refractivity contribution in [3.05, 3.63) is 55.2 Å². The fourth-order valence-electron chi connectivity index (χ4n) is 2.60. The third-order valence-corrected chi connectivity index (χ3v) is 5.65. The van der Waals surface area contributed by atoms with Crippen LogP contribution in [0.5, 0.6) is 0 Å². The van der Waals surface area contributed by atoms with Gasteiger partial charge in [0.15, 0.2) is 0 Å². The number of carbonyl (C=O) groups is 3. The lowest BCUT2D eigenvalue weighted by Gasteiger charge is -2.08. The molecular weight excluding hydrogens is 397 g/mol. The summed E-state index contributed by atoms with van der Waals surface area (Å²) >= 11 is 13.2. The Kier molecular flexibility index (Phi) is 5.80. The van der Waals surface area contributed by atoms with Gasteiger partial charge in [0.2, 0.25) is 0 Å². The van der Waals surface area contributed by atoms with E-state index in [1.54, 1.807) is 0 Å². The van der Waals surface area contributed by atoms with Crippen LogP contribution in [-0.2, 0) is 17.6 Å². The monoisotopic (exact) mass is 411 g/mol. The third kappa shape index (κ3) is 4.35. The van der Waals surface area contributed by atoms with Crippen LogP contribution in [0.1, 0.15) is 36.9 Å². The number of nitrogens with one attached hydrogen (secondary N) is 3. The van der Waals surface area contributed by atoms with E-state index in [2.05, 4.69) is 16.2 Å². The van der Waals surface area contributed by atoms with Gasteiger partial charge in [0.05, 0.1) is 22.0 Å². The third-order valence-electron chi connectivity index (χ3n) is 3.87. The van der Waals surface area contributed by atoms with Crippen LogP contribution < -0.4 is 16.2 Å². The maximum absolute atomic E-state index is 12.1. The number of rotatable bonds is 4.